The predicted molar refractivity (Wildman–Crippen MR) is 121 cm³/mol. The summed E-state index contributed by atoms with van der Waals surface area (Å²) in [5, 5.41) is 34.0. The van der Waals surface area contributed by atoms with Gasteiger partial charge in [-0.3, -0.25) is 20.1 Å². The van der Waals surface area contributed by atoms with Crippen LogP contribution in [-0.4, -0.2) is 55.6 Å². The number of aliphatic imine (C=N–C) groups is 2. The average molecular weight is 427 g/mol. The number of nitriles is 1. The molecule has 2 aliphatic heterocycles. The predicted octanol–water partition coefficient (Wildman–Crippen LogP) is 1.99. The lowest BCUT2D eigenvalue weighted by Crippen LogP contribution is -2.38. The Bertz CT molecular complexity index is 1310. The standard InChI is InChI=1S/C22H21N9O/c1-11(2)22(32)27-15-3-12(6-24-9-15)13-4-16-19(30-31-20(16)26-8-13)21-28-17-10-25-7-14(5-23)18(17)29-21/h3-4,6-11,17-18,22,27,32H,1-2H3,(H,28,29)(H,26,30,31)/t17?,18-,22?/m0/s1. The van der Waals surface area contributed by atoms with Gasteiger partial charge in [0, 0.05) is 35.9 Å². The smallest absolute Gasteiger partial charge is 0.181 e. The Morgan fingerprint density at radius 2 is 2.03 bits per heavy atom. The maximum Gasteiger partial charge on any atom is 0.181 e. The van der Waals surface area contributed by atoms with Gasteiger partial charge in [0.2, 0.25) is 0 Å². The normalized spacial score (nSPS) is 20.3. The van der Waals surface area contributed by atoms with Gasteiger partial charge in [0.05, 0.1) is 35.0 Å². The summed E-state index contributed by atoms with van der Waals surface area (Å²) in [6, 6.07) is 5.59. The number of anilines is 1. The minimum atomic E-state index is -0.668. The minimum Gasteiger partial charge on any atom is -0.374 e. The Hall–Kier alpha value is -4.10. The van der Waals surface area contributed by atoms with Crippen LogP contribution in [0.4, 0.5) is 5.69 Å². The summed E-state index contributed by atoms with van der Waals surface area (Å²) in [6.07, 6.45) is 7.78. The molecule has 0 saturated heterocycles. The van der Waals surface area contributed by atoms with Crippen molar-refractivity contribution in [2.75, 3.05) is 5.32 Å². The van der Waals surface area contributed by atoms with Crippen LogP contribution in [0.25, 0.3) is 22.2 Å². The van der Waals surface area contributed by atoms with Crippen molar-refractivity contribution >= 4 is 28.8 Å². The highest BCUT2D eigenvalue weighted by molar-refractivity contribution is 6.10. The van der Waals surface area contributed by atoms with E-state index in [1.54, 1.807) is 31.0 Å². The van der Waals surface area contributed by atoms with Gasteiger partial charge < -0.3 is 15.7 Å². The number of nitrogens with one attached hydrogen (secondary N) is 3. The molecule has 2 aliphatic rings. The highest BCUT2D eigenvalue weighted by Crippen LogP contribution is 2.27. The molecule has 10 heteroatoms. The van der Waals surface area contributed by atoms with Crippen molar-refractivity contribution < 1.29 is 5.11 Å². The summed E-state index contributed by atoms with van der Waals surface area (Å²) < 4.78 is 0. The van der Waals surface area contributed by atoms with Crippen LogP contribution in [0.2, 0.25) is 0 Å². The van der Waals surface area contributed by atoms with E-state index in [9.17, 15) is 10.4 Å². The van der Waals surface area contributed by atoms with Gasteiger partial charge in [-0.1, -0.05) is 13.8 Å². The summed E-state index contributed by atoms with van der Waals surface area (Å²) in [4.78, 5) is 17.6. The van der Waals surface area contributed by atoms with Crippen molar-refractivity contribution in [2.24, 2.45) is 15.9 Å². The van der Waals surface area contributed by atoms with E-state index in [4.69, 9.17) is 4.99 Å². The maximum absolute atomic E-state index is 10.1. The second-order valence-corrected chi connectivity index (χ2v) is 8.08. The molecule has 0 fully saturated rings. The van der Waals surface area contributed by atoms with Crippen molar-refractivity contribution in [3.05, 3.63) is 48.2 Å². The van der Waals surface area contributed by atoms with Gasteiger partial charge in [0.1, 0.15) is 23.8 Å². The van der Waals surface area contributed by atoms with Gasteiger partial charge in [-0.15, -0.1) is 0 Å². The summed E-state index contributed by atoms with van der Waals surface area (Å²) in [6.45, 7) is 3.87. The molecule has 32 heavy (non-hydrogen) atoms. The fourth-order valence-corrected chi connectivity index (χ4v) is 3.65. The van der Waals surface area contributed by atoms with Crippen LogP contribution in [0, 0.1) is 17.2 Å². The molecule has 0 saturated carbocycles. The van der Waals surface area contributed by atoms with Crippen molar-refractivity contribution in [1.29, 1.82) is 5.26 Å². The Balaban J connectivity index is 1.49. The number of aliphatic hydroxyl groups excluding tert-OH is 1. The second-order valence-electron chi connectivity index (χ2n) is 8.08. The first-order valence-corrected chi connectivity index (χ1v) is 10.3. The molecule has 3 aromatic heterocycles. The molecular formula is C22H21N9O. The molecule has 10 nitrogen and oxygen atoms in total. The third-order valence-corrected chi connectivity index (χ3v) is 5.48. The van der Waals surface area contributed by atoms with Crippen LogP contribution in [-0.2, 0) is 0 Å². The van der Waals surface area contributed by atoms with Gasteiger partial charge in [0.25, 0.3) is 0 Å². The van der Waals surface area contributed by atoms with Crippen LogP contribution in [0.1, 0.15) is 19.5 Å². The number of aromatic amines is 1. The number of aliphatic hydroxyl groups is 1. The Morgan fingerprint density at radius 3 is 2.84 bits per heavy atom. The molecule has 0 amide bonds. The summed E-state index contributed by atoms with van der Waals surface area (Å²) in [5.74, 6) is 0.680. The molecule has 0 bridgehead atoms. The third kappa shape index (κ3) is 3.48. The molecule has 0 radical (unpaired) electrons. The van der Waals surface area contributed by atoms with E-state index in [1.165, 1.54) is 0 Å². The lowest BCUT2D eigenvalue weighted by molar-refractivity contribution is 0.153. The fraction of sp³-hybridized carbons (Fsp3) is 0.273. The van der Waals surface area contributed by atoms with Gasteiger partial charge in [0.15, 0.2) is 5.65 Å². The quantitative estimate of drug-likeness (QED) is 0.455. The van der Waals surface area contributed by atoms with E-state index >= 15 is 0 Å². The van der Waals surface area contributed by atoms with E-state index in [-0.39, 0.29) is 18.0 Å². The van der Waals surface area contributed by atoms with Crippen LogP contribution >= 0.6 is 0 Å². The highest BCUT2D eigenvalue weighted by atomic mass is 16.3. The van der Waals surface area contributed by atoms with Crippen LogP contribution in [0.15, 0.2) is 52.5 Å². The number of H-pyrrole nitrogens is 1. The summed E-state index contributed by atoms with van der Waals surface area (Å²) in [5.41, 5.74) is 4.20. The molecule has 0 spiro atoms. The van der Waals surface area contributed by atoms with Gasteiger partial charge in [-0.05, 0) is 18.1 Å². The second kappa shape index (κ2) is 7.86. The topological polar surface area (TPSA) is 147 Å². The number of hydrogen-bond donors (Lipinski definition) is 4. The fourth-order valence-electron chi connectivity index (χ4n) is 3.65. The lowest BCUT2D eigenvalue weighted by atomic mass is 10.0. The summed E-state index contributed by atoms with van der Waals surface area (Å²) in [7, 11) is 0. The van der Waals surface area contributed by atoms with Gasteiger partial charge in [-0.2, -0.15) is 10.4 Å². The average Bonchev–Trinajstić information content (AvgIpc) is 3.42. The first-order chi connectivity index (χ1) is 15.5. The zero-order valence-corrected chi connectivity index (χ0v) is 17.5. The molecule has 0 aromatic carbocycles. The van der Waals surface area contributed by atoms with Gasteiger partial charge in [-0.25, -0.2) is 4.98 Å². The molecule has 2 unspecified atom stereocenters. The first kappa shape index (κ1) is 19.8. The van der Waals surface area contributed by atoms with Crippen molar-refractivity contribution in [3.63, 3.8) is 0 Å². The van der Waals surface area contributed by atoms with E-state index in [0.29, 0.717) is 22.7 Å². The molecule has 5 rings (SSSR count). The van der Waals surface area contributed by atoms with Crippen molar-refractivity contribution in [1.82, 2.24) is 25.5 Å². The van der Waals surface area contributed by atoms with Crippen LogP contribution in [0.5, 0.6) is 0 Å². The molecule has 3 atom stereocenters. The van der Waals surface area contributed by atoms with Crippen LogP contribution in [0.3, 0.4) is 0 Å². The molecule has 160 valence electrons. The third-order valence-electron chi connectivity index (χ3n) is 5.48. The SMILES string of the molecule is CC(C)C(O)Nc1cncc(-c2cnc3n[nH]c(C4=N[C@H]5C(C#N)=CN=CC5N4)c3c2)c1. The van der Waals surface area contributed by atoms with E-state index in [0.717, 1.165) is 22.2 Å². The zero-order valence-electron chi connectivity index (χ0n) is 17.5. The number of fused-ring (bicyclic) bond motifs is 2. The molecule has 0 aliphatic carbocycles. The highest BCUT2D eigenvalue weighted by Gasteiger charge is 2.34. The number of nitrogens with zero attached hydrogens (tertiary/aromatic N) is 6. The maximum atomic E-state index is 10.1. The van der Waals surface area contributed by atoms with Crippen molar-refractivity contribution in [3.8, 4) is 17.2 Å². The zero-order chi connectivity index (χ0) is 22.2. The molecule has 5 heterocycles. The Kier molecular flexibility index (Phi) is 4.88. The molecule has 4 N–H and O–H groups in total. The van der Waals surface area contributed by atoms with Crippen molar-refractivity contribution in [2.45, 2.75) is 32.2 Å². The lowest BCUT2D eigenvalue weighted by Gasteiger charge is -2.17. The summed E-state index contributed by atoms with van der Waals surface area (Å²) >= 11 is 0. The number of aromatic nitrogens is 4. The van der Waals surface area contributed by atoms with E-state index in [2.05, 4.69) is 41.9 Å². The molecule has 3 aromatic rings. The monoisotopic (exact) mass is 427 g/mol. The van der Waals surface area contributed by atoms with Crippen LogP contribution < -0.4 is 10.6 Å². The number of amidine groups is 1. The number of rotatable bonds is 5. The number of pyridine rings is 2. The van der Waals surface area contributed by atoms with Gasteiger partial charge >= 0.3 is 0 Å². The molecular weight excluding hydrogens is 406 g/mol. The largest absolute Gasteiger partial charge is 0.374 e. The Morgan fingerprint density at radius 1 is 1.19 bits per heavy atom. The number of hydrogen-bond acceptors (Lipinski definition) is 9. The minimum absolute atomic E-state index is 0.0648. The first-order valence-electron chi connectivity index (χ1n) is 10.3. The van der Waals surface area contributed by atoms with E-state index in [1.807, 2.05) is 26.0 Å². The Labute approximate surface area is 183 Å². The van der Waals surface area contributed by atoms with E-state index < -0.39 is 6.23 Å².